The van der Waals surface area contributed by atoms with E-state index in [9.17, 15) is 0 Å². The van der Waals surface area contributed by atoms with Crippen LogP contribution in [-0.4, -0.2) is 6.04 Å². The number of halogens is 1. The Balaban J connectivity index is 2.29. The van der Waals surface area contributed by atoms with Gasteiger partial charge in [0.25, 0.3) is 0 Å². The first kappa shape index (κ1) is 13.2. The number of benzene rings is 1. The molecule has 4 heteroatoms. The largest absolute Gasteiger partial charge is 0.397 e. The zero-order valence-electron chi connectivity index (χ0n) is 10.6. The minimum atomic E-state index is 0.385. The first-order chi connectivity index (χ1) is 8.58. The summed E-state index contributed by atoms with van der Waals surface area (Å²) in [5, 5.41) is 2.77. The molecular formula is C14H17ClN2S. The predicted octanol–water partition coefficient (Wildman–Crippen LogP) is 4.40. The molecule has 2 N–H and O–H groups in total. The molecule has 18 heavy (non-hydrogen) atoms. The standard InChI is InChI=1S/C14H17ClN2S/c1-10(2)17(9-12-4-3-7-18-12)14-6-5-11(15)8-13(14)16/h3-8,10H,9,16H2,1-2H3. The van der Waals surface area contributed by atoms with Gasteiger partial charge in [0, 0.05) is 15.9 Å². The minimum absolute atomic E-state index is 0.385. The van der Waals surface area contributed by atoms with Crippen molar-refractivity contribution in [1.82, 2.24) is 0 Å². The highest BCUT2D eigenvalue weighted by atomic mass is 35.5. The second-order valence-electron chi connectivity index (χ2n) is 4.50. The summed E-state index contributed by atoms with van der Waals surface area (Å²) >= 11 is 7.71. The smallest absolute Gasteiger partial charge is 0.0606 e. The van der Waals surface area contributed by atoms with Crippen molar-refractivity contribution in [3.63, 3.8) is 0 Å². The number of hydrogen-bond acceptors (Lipinski definition) is 3. The zero-order valence-corrected chi connectivity index (χ0v) is 12.1. The average molecular weight is 281 g/mol. The van der Waals surface area contributed by atoms with Gasteiger partial charge in [0.15, 0.2) is 0 Å². The molecule has 2 nitrogen and oxygen atoms in total. The maximum Gasteiger partial charge on any atom is 0.0606 e. The highest BCUT2D eigenvalue weighted by Crippen LogP contribution is 2.30. The van der Waals surface area contributed by atoms with E-state index >= 15 is 0 Å². The van der Waals surface area contributed by atoms with Crippen molar-refractivity contribution in [3.8, 4) is 0 Å². The molecule has 0 unspecified atom stereocenters. The van der Waals surface area contributed by atoms with Crippen LogP contribution in [0.2, 0.25) is 5.02 Å². The Bertz CT molecular complexity index is 509. The third-order valence-electron chi connectivity index (χ3n) is 2.83. The molecule has 96 valence electrons. The summed E-state index contributed by atoms with van der Waals surface area (Å²) in [6.45, 7) is 5.21. The predicted molar refractivity (Wildman–Crippen MR) is 81.5 cm³/mol. The van der Waals surface area contributed by atoms with Crippen molar-refractivity contribution in [1.29, 1.82) is 0 Å². The molecule has 0 atom stereocenters. The van der Waals surface area contributed by atoms with Crippen LogP contribution in [-0.2, 0) is 6.54 Å². The van der Waals surface area contributed by atoms with Crippen LogP contribution in [0.15, 0.2) is 35.7 Å². The van der Waals surface area contributed by atoms with Crippen LogP contribution in [0.4, 0.5) is 11.4 Å². The molecule has 0 aliphatic carbocycles. The van der Waals surface area contributed by atoms with Crippen LogP contribution in [0.3, 0.4) is 0 Å². The van der Waals surface area contributed by atoms with Crippen molar-refractivity contribution in [2.24, 2.45) is 0 Å². The van der Waals surface area contributed by atoms with Crippen LogP contribution in [0.25, 0.3) is 0 Å². The first-order valence-corrected chi connectivity index (χ1v) is 7.17. The Morgan fingerprint density at radius 3 is 2.67 bits per heavy atom. The Kier molecular flexibility index (Phi) is 4.15. The molecule has 0 bridgehead atoms. The summed E-state index contributed by atoms with van der Waals surface area (Å²) in [4.78, 5) is 3.62. The lowest BCUT2D eigenvalue weighted by atomic mass is 10.2. The summed E-state index contributed by atoms with van der Waals surface area (Å²) in [5.41, 5.74) is 7.84. The van der Waals surface area contributed by atoms with Gasteiger partial charge in [-0.3, -0.25) is 0 Å². The molecule has 0 spiro atoms. The topological polar surface area (TPSA) is 29.3 Å². The van der Waals surface area contributed by atoms with E-state index < -0.39 is 0 Å². The SMILES string of the molecule is CC(C)N(Cc1cccs1)c1ccc(Cl)cc1N. The van der Waals surface area contributed by atoms with Gasteiger partial charge in [-0.25, -0.2) is 0 Å². The van der Waals surface area contributed by atoms with Gasteiger partial charge >= 0.3 is 0 Å². The lowest BCUT2D eigenvalue weighted by molar-refractivity contribution is 0.688. The number of hydrogen-bond donors (Lipinski definition) is 1. The summed E-state index contributed by atoms with van der Waals surface area (Å²) in [6.07, 6.45) is 0. The third-order valence-corrected chi connectivity index (χ3v) is 3.92. The molecule has 2 rings (SSSR count). The van der Waals surface area contributed by atoms with E-state index in [1.165, 1.54) is 4.88 Å². The van der Waals surface area contributed by atoms with Gasteiger partial charge in [0.05, 0.1) is 17.9 Å². The van der Waals surface area contributed by atoms with Crippen LogP contribution in [0, 0.1) is 0 Å². The molecule has 2 aromatic rings. The number of nitrogens with zero attached hydrogens (tertiary/aromatic N) is 1. The Morgan fingerprint density at radius 2 is 2.11 bits per heavy atom. The van der Waals surface area contributed by atoms with Crippen LogP contribution >= 0.6 is 22.9 Å². The van der Waals surface area contributed by atoms with Crippen molar-refractivity contribution in [2.45, 2.75) is 26.4 Å². The number of rotatable bonds is 4. The molecule has 0 fully saturated rings. The van der Waals surface area contributed by atoms with Gasteiger partial charge in [-0.15, -0.1) is 11.3 Å². The van der Waals surface area contributed by atoms with Gasteiger partial charge in [-0.05, 0) is 43.5 Å². The summed E-state index contributed by atoms with van der Waals surface area (Å²) in [6, 6.07) is 10.3. The summed E-state index contributed by atoms with van der Waals surface area (Å²) in [5.74, 6) is 0. The minimum Gasteiger partial charge on any atom is -0.397 e. The van der Waals surface area contributed by atoms with E-state index in [2.05, 4.69) is 36.3 Å². The normalized spacial score (nSPS) is 10.9. The van der Waals surface area contributed by atoms with E-state index in [0.717, 1.165) is 17.9 Å². The van der Waals surface area contributed by atoms with Crippen LogP contribution in [0.5, 0.6) is 0 Å². The molecule has 0 amide bonds. The van der Waals surface area contributed by atoms with Crippen molar-refractivity contribution in [3.05, 3.63) is 45.6 Å². The lowest BCUT2D eigenvalue weighted by Gasteiger charge is -2.29. The third kappa shape index (κ3) is 2.98. The summed E-state index contributed by atoms with van der Waals surface area (Å²) in [7, 11) is 0. The van der Waals surface area contributed by atoms with Gasteiger partial charge in [-0.1, -0.05) is 17.7 Å². The second-order valence-corrected chi connectivity index (χ2v) is 5.97. The number of nitrogen functional groups attached to an aromatic ring is 1. The van der Waals surface area contributed by atoms with Crippen molar-refractivity contribution >= 4 is 34.3 Å². The zero-order chi connectivity index (χ0) is 13.1. The Morgan fingerprint density at radius 1 is 1.33 bits per heavy atom. The van der Waals surface area contributed by atoms with Gasteiger partial charge in [0.1, 0.15) is 0 Å². The fourth-order valence-electron chi connectivity index (χ4n) is 1.90. The molecular weight excluding hydrogens is 264 g/mol. The van der Waals surface area contributed by atoms with E-state index in [1.807, 2.05) is 12.1 Å². The molecule has 0 aliphatic rings. The van der Waals surface area contributed by atoms with E-state index in [4.69, 9.17) is 17.3 Å². The van der Waals surface area contributed by atoms with E-state index in [1.54, 1.807) is 17.4 Å². The molecule has 1 aromatic heterocycles. The quantitative estimate of drug-likeness (QED) is 0.841. The Labute approximate surface area is 117 Å². The number of thiophene rings is 1. The average Bonchev–Trinajstić information content (AvgIpc) is 2.79. The van der Waals surface area contributed by atoms with Gasteiger partial charge in [-0.2, -0.15) is 0 Å². The van der Waals surface area contributed by atoms with Crippen molar-refractivity contribution in [2.75, 3.05) is 10.6 Å². The fourth-order valence-corrected chi connectivity index (χ4v) is 2.79. The maximum absolute atomic E-state index is 6.07. The number of nitrogens with two attached hydrogens (primary N) is 1. The van der Waals surface area contributed by atoms with E-state index in [0.29, 0.717) is 11.1 Å². The number of anilines is 2. The van der Waals surface area contributed by atoms with Crippen LogP contribution in [0.1, 0.15) is 18.7 Å². The van der Waals surface area contributed by atoms with E-state index in [-0.39, 0.29) is 0 Å². The highest BCUT2D eigenvalue weighted by Gasteiger charge is 2.14. The van der Waals surface area contributed by atoms with Gasteiger partial charge in [0.2, 0.25) is 0 Å². The van der Waals surface area contributed by atoms with Gasteiger partial charge < -0.3 is 10.6 Å². The first-order valence-electron chi connectivity index (χ1n) is 5.92. The Hall–Kier alpha value is -1.19. The highest BCUT2D eigenvalue weighted by molar-refractivity contribution is 7.09. The van der Waals surface area contributed by atoms with Crippen molar-refractivity contribution < 1.29 is 0 Å². The molecule has 1 aromatic carbocycles. The van der Waals surface area contributed by atoms with Crippen LogP contribution < -0.4 is 10.6 Å². The molecule has 0 saturated carbocycles. The molecule has 1 heterocycles. The monoisotopic (exact) mass is 280 g/mol. The fraction of sp³-hybridized carbons (Fsp3) is 0.286. The summed E-state index contributed by atoms with van der Waals surface area (Å²) < 4.78 is 0. The molecule has 0 radical (unpaired) electrons. The molecule has 0 aliphatic heterocycles. The molecule has 0 saturated heterocycles. The lowest BCUT2D eigenvalue weighted by Crippen LogP contribution is -2.30. The maximum atomic E-state index is 6.07. The second kappa shape index (κ2) is 5.63.